The first-order valence-electron chi connectivity index (χ1n) is 8.08. The van der Waals surface area contributed by atoms with E-state index in [0.717, 1.165) is 25.7 Å². The molecule has 132 valence electrons. The Balaban J connectivity index is 1.94. The van der Waals surface area contributed by atoms with Crippen LogP contribution in [-0.2, 0) is 19.1 Å². The molecule has 0 bridgehead atoms. The van der Waals surface area contributed by atoms with E-state index in [9.17, 15) is 14.4 Å². The Labute approximate surface area is 140 Å². The molecule has 2 rings (SSSR count). The molecule has 8 heteroatoms. The van der Waals surface area contributed by atoms with Crippen molar-refractivity contribution in [2.45, 2.75) is 58.6 Å². The first-order chi connectivity index (χ1) is 11.4. The fourth-order valence-corrected chi connectivity index (χ4v) is 2.83. The molecule has 0 aliphatic heterocycles. The van der Waals surface area contributed by atoms with E-state index in [-0.39, 0.29) is 17.6 Å². The third-order valence-electron chi connectivity index (χ3n) is 4.03. The largest absolute Gasteiger partial charge is 0.451 e. The third-order valence-corrected chi connectivity index (χ3v) is 4.03. The van der Waals surface area contributed by atoms with Gasteiger partial charge in [0.05, 0.1) is 0 Å². The molecule has 1 aliphatic carbocycles. The zero-order chi connectivity index (χ0) is 17.7. The molecule has 0 radical (unpaired) electrons. The minimum Gasteiger partial charge on any atom is -0.451 e. The Kier molecular flexibility index (Phi) is 5.94. The second-order valence-corrected chi connectivity index (χ2v) is 6.11. The van der Waals surface area contributed by atoms with Gasteiger partial charge in [-0.25, -0.2) is 4.79 Å². The van der Waals surface area contributed by atoms with Gasteiger partial charge in [-0.15, -0.1) is 0 Å². The van der Waals surface area contributed by atoms with Gasteiger partial charge in [0.2, 0.25) is 5.91 Å². The maximum Gasteiger partial charge on any atom is 0.329 e. The number of aryl methyl sites for hydroxylation is 1. The van der Waals surface area contributed by atoms with Crippen LogP contribution in [0.15, 0.2) is 10.6 Å². The molecule has 1 aromatic rings. The van der Waals surface area contributed by atoms with E-state index in [1.54, 1.807) is 13.0 Å². The number of aromatic nitrogens is 1. The zero-order valence-corrected chi connectivity index (χ0v) is 14.1. The van der Waals surface area contributed by atoms with Gasteiger partial charge in [-0.1, -0.05) is 18.0 Å². The lowest BCUT2D eigenvalue weighted by Crippen LogP contribution is -2.47. The van der Waals surface area contributed by atoms with Crippen molar-refractivity contribution in [3.63, 3.8) is 0 Å². The molecule has 1 fully saturated rings. The fourth-order valence-electron chi connectivity index (χ4n) is 2.83. The molecular formula is C16H23N3O5. The van der Waals surface area contributed by atoms with Gasteiger partial charge < -0.3 is 19.9 Å². The lowest BCUT2D eigenvalue weighted by Gasteiger charge is -2.24. The summed E-state index contributed by atoms with van der Waals surface area (Å²) < 4.78 is 10.1. The van der Waals surface area contributed by atoms with Crippen LogP contribution in [0, 0.1) is 12.8 Å². The summed E-state index contributed by atoms with van der Waals surface area (Å²) in [7, 11) is 0. The predicted octanol–water partition coefficient (Wildman–Crippen LogP) is 1.55. The zero-order valence-electron chi connectivity index (χ0n) is 14.1. The predicted molar refractivity (Wildman–Crippen MR) is 85.0 cm³/mol. The van der Waals surface area contributed by atoms with Crippen molar-refractivity contribution < 1.29 is 23.6 Å². The fraction of sp³-hybridized carbons (Fsp3) is 0.625. The summed E-state index contributed by atoms with van der Waals surface area (Å²) in [5, 5.41) is 8.81. The van der Waals surface area contributed by atoms with Gasteiger partial charge in [-0.3, -0.25) is 9.59 Å². The van der Waals surface area contributed by atoms with Gasteiger partial charge in [0.25, 0.3) is 5.91 Å². The van der Waals surface area contributed by atoms with Crippen LogP contribution in [0.5, 0.6) is 0 Å². The van der Waals surface area contributed by atoms with Crippen molar-refractivity contribution >= 4 is 23.6 Å². The first kappa shape index (κ1) is 18.0. The number of ether oxygens (including phenoxy) is 1. The van der Waals surface area contributed by atoms with Crippen molar-refractivity contribution in [3.05, 3.63) is 11.8 Å². The van der Waals surface area contributed by atoms with Crippen LogP contribution >= 0.6 is 0 Å². The maximum absolute atomic E-state index is 12.4. The molecule has 1 heterocycles. The number of hydrogen-bond donors (Lipinski definition) is 2. The number of rotatable bonds is 6. The van der Waals surface area contributed by atoms with Crippen molar-refractivity contribution in [2.24, 2.45) is 5.92 Å². The summed E-state index contributed by atoms with van der Waals surface area (Å²) in [6, 6.07) is 0.847. The smallest absolute Gasteiger partial charge is 0.329 e. The molecule has 2 atom stereocenters. The summed E-state index contributed by atoms with van der Waals surface area (Å²) in [6.45, 7) is 4.53. The van der Waals surface area contributed by atoms with Gasteiger partial charge in [-0.05, 0) is 32.6 Å². The molecule has 2 amide bonds. The summed E-state index contributed by atoms with van der Waals surface area (Å²) >= 11 is 0. The first-order valence-corrected chi connectivity index (χ1v) is 8.08. The lowest BCUT2D eigenvalue weighted by atomic mass is 9.98. The van der Waals surface area contributed by atoms with E-state index in [4.69, 9.17) is 9.26 Å². The Bertz CT molecular complexity index is 607. The molecule has 1 aromatic heterocycles. The van der Waals surface area contributed by atoms with Gasteiger partial charge in [0, 0.05) is 13.0 Å². The molecular weight excluding hydrogens is 314 g/mol. The van der Waals surface area contributed by atoms with Gasteiger partial charge >= 0.3 is 5.97 Å². The van der Waals surface area contributed by atoms with Crippen LogP contribution < -0.4 is 10.6 Å². The van der Waals surface area contributed by atoms with E-state index >= 15 is 0 Å². The molecule has 1 saturated carbocycles. The molecule has 0 unspecified atom stereocenters. The van der Waals surface area contributed by atoms with E-state index in [2.05, 4.69) is 15.8 Å². The molecule has 0 aromatic carbocycles. The van der Waals surface area contributed by atoms with Crippen LogP contribution in [0.1, 0.15) is 45.3 Å². The lowest BCUT2D eigenvalue weighted by molar-refractivity contribution is -0.157. The average Bonchev–Trinajstić information content (AvgIpc) is 3.16. The Morgan fingerprint density at radius 3 is 2.54 bits per heavy atom. The van der Waals surface area contributed by atoms with Crippen LogP contribution in [0.2, 0.25) is 0 Å². The highest BCUT2D eigenvalue weighted by molar-refractivity contribution is 5.95. The molecule has 2 N–H and O–H groups in total. The highest BCUT2D eigenvalue weighted by Gasteiger charge is 2.34. The molecule has 24 heavy (non-hydrogen) atoms. The van der Waals surface area contributed by atoms with Crippen LogP contribution in [0.25, 0.3) is 0 Å². The second kappa shape index (κ2) is 7.94. The van der Waals surface area contributed by atoms with E-state index in [1.165, 1.54) is 13.8 Å². The number of nitrogens with zero attached hydrogens (tertiary/aromatic N) is 1. The summed E-state index contributed by atoms with van der Waals surface area (Å²) in [6.07, 6.45) is 2.76. The van der Waals surface area contributed by atoms with Crippen molar-refractivity contribution in [2.75, 3.05) is 5.32 Å². The molecule has 1 aliphatic rings. The molecule has 0 spiro atoms. The maximum atomic E-state index is 12.4. The Morgan fingerprint density at radius 1 is 1.33 bits per heavy atom. The number of carbonyl (C=O) groups is 3. The monoisotopic (exact) mass is 337 g/mol. The van der Waals surface area contributed by atoms with Crippen LogP contribution in [0.3, 0.4) is 0 Å². The summed E-state index contributed by atoms with van der Waals surface area (Å²) in [4.78, 5) is 35.8. The summed E-state index contributed by atoms with van der Waals surface area (Å²) in [5.74, 6) is -0.522. The molecule has 8 nitrogen and oxygen atoms in total. The second-order valence-electron chi connectivity index (χ2n) is 6.11. The topological polar surface area (TPSA) is 111 Å². The molecule has 0 saturated heterocycles. The van der Waals surface area contributed by atoms with Crippen LogP contribution in [-0.4, -0.2) is 35.1 Å². The minimum absolute atomic E-state index is 0.0508. The summed E-state index contributed by atoms with van der Waals surface area (Å²) in [5.41, 5.74) is 0. The normalized spacial score (nSPS) is 17.1. The van der Waals surface area contributed by atoms with E-state index < -0.39 is 24.0 Å². The van der Waals surface area contributed by atoms with Crippen molar-refractivity contribution in [1.29, 1.82) is 0 Å². The third kappa shape index (κ3) is 4.81. The van der Waals surface area contributed by atoms with E-state index in [0.29, 0.717) is 5.76 Å². The minimum atomic E-state index is -1.01. The highest BCUT2D eigenvalue weighted by atomic mass is 16.5. The highest BCUT2D eigenvalue weighted by Crippen LogP contribution is 2.28. The van der Waals surface area contributed by atoms with E-state index in [1.807, 2.05) is 0 Å². The van der Waals surface area contributed by atoms with Gasteiger partial charge in [0.15, 0.2) is 11.9 Å². The van der Waals surface area contributed by atoms with Gasteiger partial charge in [-0.2, -0.15) is 0 Å². The number of carbonyl (C=O) groups excluding carboxylic acids is 3. The number of amides is 2. The quantitative estimate of drug-likeness (QED) is 0.762. The number of esters is 1. The van der Waals surface area contributed by atoms with Crippen LogP contribution in [0.4, 0.5) is 5.82 Å². The number of hydrogen-bond acceptors (Lipinski definition) is 6. The standard InChI is InChI=1S/C16H23N3O5/c1-9-8-13(19-24-9)18-15(21)10(2)23-16(22)14(17-11(3)20)12-6-4-5-7-12/h8,10,12,14H,4-7H2,1-3H3,(H,17,20)(H,18,19,21)/t10-,14-/m1/s1. The number of nitrogens with one attached hydrogen (secondary N) is 2. The number of anilines is 1. The van der Waals surface area contributed by atoms with Gasteiger partial charge in [0.1, 0.15) is 11.8 Å². The van der Waals surface area contributed by atoms with Crippen molar-refractivity contribution in [1.82, 2.24) is 10.5 Å². The Morgan fingerprint density at radius 2 is 2.00 bits per heavy atom. The Hall–Kier alpha value is -2.38. The van der Waals surface area contributed by atoms with Crippen molar-refractivity contribution in [3.8, 4) is 0 Å². The average molecular weight is 337 g/mol. The SMILES string of the molecule is CC(=O)N[C@@H](C(=O)O[C@H](C)C(=O)Nc1cc(C)on1)C1CCCC1.